The molecule has 1 aliphatic heterocycles. The van der Waals surface area contributed by atoms with Crippen LogP contribution in [0.4, 0.5) is 4.39 Å². The SMILES string of the molecule is Fc1ccc(C2C[C@@H]3O[C@@H]3C2)cc1. The summed E-state index contributed by atoms with van der Waals surface area (Å²) < 4.78 is 18.0. The van der Waals surface area contributed by atoms with Crippen LogP contribution >= 0.6 is 0 Å². The predicted octanol–water partition coefficient (Wildman–Crippen LogP) is 2.47. The molecule has 0 bridgehead atoms. The molecule has 13 heavy (non-hydrogen) atoms. The summed E-state index contributed by atoms with van der Waals surface area (Å²) in [5.41, 5.74) is 1.26. The minimum absolute atomic E-state index is 0.150. The van der Waals surface area contributed by atoms with Crippen molar-refractivity contribution in [3.05, 3.63) is 35.6 Å². The van der Waals surface area contributed by atoms with Gasteiger partial charge in [0.25, 0.3) is 0 Å². The van der Waals surface area contributed by atoms with E-state index in [9.17, 15) is 4.39 Å². The van der Waals surface area contributed by atoms with Gasteiger partial charge in [0.2, 0.25) is 0 Å². The van der Waals surface area contributed by atoms with E-state index in [-0.39, 0.29) is 5.82 Å². The van der Waals surface area contributed by atoms with Gasteiger partial charge in [0.05, 0.1) is 12.2 Å². The molecule has 2 heteroatoms. The Kier molecular flexibility index (Phi) is 1.47. The number of ether oxygens (including phenoxy) is 1. The molecule has 1 aliphatic carbocycles. The quantitative estimate of drug-likeness (QED) is 0.602. The molecule has 1 aromatic carbocycles. The van der Waals surface area contributed by atoms with Crippen molar-refractivity contribution in [2.45, 2.75) is 31.0 Å². The zero-order valence-corrected chi connectivity index (χ0v) is 7.24. The van der Waals surface area contributed by atoms with Crippen LogP contribution in [0, 0.1) is 5.82 Å². The third-order valence-corrected chi connectivity index (χ3v) is 3.06. The smallest absolute Gasteiger partial charge is 0.123 e. The van der Waals surface area contributed by atoms with Crippen molar-refractivity contribution < 1.29 is 9.13 Å². The van der Waals surface area contributed by atoms with Crippen molar-refractivity contribution in [2.75, 3.05) is 0 Å². The Labute approximate surface area is 76.5 Å². The summed E-state index contributed by atoms with van der Waals surface area (Å²) in [4.78, 5) is 0. The number of hydrogen-bond donors (Lipinski definition) is 0. The Bertz CT molecular complexity index is 309. The maximum atomic E-state index is 12.6. The highest BCUT2D eigenvalue weighted by Gasteiger charge is 2.48. The van der Waals surface area contributed by atoms with Crippen molar-refractivity contribution in [3.63, 3.8) is 0 Å². The largest absolute Gasteiger partial charge is 0.370 e. The van der Waals surface area contributed by atoms with E-state index in [2.05, 4.69) is 0 Å². The minimum Gasteiger partial charge on any atom is -0.370 e. The molecule has 0 amide bonds. The summed E-state index contributed by atoms with van der Waals surface area (Å²) in [6, 6.07) is 6.87. The fourth-order valence-corrected chi connectivity index (χ4v) is 2.26. The molecule has 2 fully saturated rings. The molecule has 68 valence electrons. The van der Waals surface area contributed by atoms with Gasteiger partial charge in [-0.2, -0.15) is 0 Å². The van der Waals surface area contributed by atoms with E-state index < -0.39 is 0 Å². The topological polar surface area (TPSA) is 12.5 Å². The average Bonchev–Trinajstić information content (AvgIpc) is 2.75. The predicted molar refractivity (Wildman–Crippen MR) is 47.0 cm³/mol. The molecule has 1 heterocycles. The van der Waals surface area contributed by atoms with Crippen LogP contribution in [0.5, 0.6) is 0 Å². The van der Waals surface area contributed by atoms with E-state index in [4.69, 9.17) is 4.74 Å². The lowest BCUT2D eigenvalue weighted by Gasteiger charge is -2.10. The monoisotopic (exact) mass is 178 g/mol. The normalized spacial score (nSPS) is 35.9. The lowest BCUT2D eigenvalue weighted by atomic mass is 9.97. The van der Waals surface area contributed by atoms with E-state index in [1.54, 1.807) is 12.1 Å². The molecule has 1 aromatic rings. The van der Waals surface area contributed by atoms with Crippen LogP contribution in [0.15, 0.2) is 24.3 Å². The Hall–Kier alpha value is -0.890. The third-order valence-electron chi connectivity index (χ3n) is 3.06. The fourth-order valence-electron chi connectivity index (χ4n) is 2.26. The standard InChI is InChI=1S/C11H11FO/c12-9-3-1-7(2-4-9)8-5-10-11(6-8)13-10/h1-4,8,10-11H,5-6H2/t8?,10-,11+. The van der Waals surface area contributed by atoms with Crippen LogP contribution in [0.1, 0.15) is 24.3 Å². The first-order valence-corrected chi connectivity index (χ1v) is 4.74. The highest BCUT2D eigenvalue weighted by Crippen LogP contribution is 2.46. The van der Waals surface area contributed by atoms with Crippen molar-refractivity contribution >= 4 is 0 Å². The summed E-state index contributed by atoms with van der Waals surface area (Å²) in [6.45, 7) is 0. The molecule has 1 nitrogen and oxygen atoms in total. The lowest BCUT2D eigenvalue weighted by molar-refractivity contribution is 0.304. The van der Waals surface area contributed by atoms with Gasteiger partial charge in [0.1, 0.15) is 5.82 Å². The molecule has 2 aliphatic rings. The molecular formula is C11H11FO. The number of halogens is 1. The highest BCUT2D eigenvalue weighted by atomic mass is 19.1. The second-order valence-electron chi connectivity index (χ2n) is 3.93. The third kappa shape index (κ3) is 1.25. The van der Waals surface area contributed by atoms with E-state index in [1.807, 2.05) is 12.1 Å². The van der Waals surface area contributed by atoms with Crippen LogP contribution in [-0.2, 0) is 4.74 Å². The summed E-state index contributed by atoms with van der Waals surface area (Å²) in [6.07, 6.45) is 3.26. The first-order valence-electron chi connectivity index (χ1n) is 4.74. The average molecular weight is 178 g/mol. The Morgan fingerprint density at radius 1 is 1.08 bits per heavy atom. The number of rotatable bonds is 1. The maximum Gasteiger partial charge on any atom is 0.123 e. The minimum atomic E-state index is -0.150. The summed E-state index contributed by atoms with van der Waals surface area (Å²) in [5, 5.41) is 0. The highest BCUT2D eigenvalue weighted by molar-refractivity contribution is 5.23. The van der Waals surface area contributed by atoms with Crippen LogP contribution in [0.3, 0.4) is 0 Å². The van der Waals surface area contributed by atoms with Crippen LogP contribution in [-0.4, -0.2) is 12.2 Å². The first-order chi connectivity index (χ1) is 6.33. The van der Waals surface area contributed by atoms with Crippen LogP contribution < -0.4 is 0 Å². The molecule has 0 radical (unpaired) electrons. The molecule has 0 spiro atoms. The number of hydrogen-bond acceptors (Lipinski definition) is 1. The van der Waals surface area contributed by atoms with Crippen molar-refractivity contribution in [3.8, 4) is 0 Å². The Morgan fingerprint density at radius 2 is 1.69 bits per heavy atom. The van der Waals surface area contributed by atoms with Gasteiger partial charge in [-0.05, 0) is 36.5 Å². The van der Waals surface area contributed by atoms with Gasteiger partial charge < -0.3 is 4.74 Å². The van der Waals surface area contributed by atoms with E-state index >= 15 is 0 Å². The number of benzene rings is 1. The van der Waals surface area contributed by atoms with Gasteiger partial charge in [-0.15, -0.1) is 0 Å². The second kappa shape index (κ2) is 2.55. The van der Waals surface area contributed by atoms with Gasteiger partial charge in [0.15, 0.2) is 0 Å². The van der Waals surface area contributed by atoms with Gasteiger partial charge in [-0.25, -0.2) is 4.39 Å². The van der Waals surface area contributed by atoms with Crippen LogP contribution in [0.2, 0.25) is 0 Å². The summed E-state index contributed by atoms with van der Waals surface area (Å²) >= 11 is 0. The Balaban J connectivity index is 1.81. The summed E-state index contributed by atoms with van der Waals surface area (Å²) in [5.74, 6) is 0.451. The molecule has 0 N–H and O–H groups in total. The lowest BCUT2D eigenvalue weighted by Crippen LogP contribution is -1.97. The van der Waals surface area contributed by atoms with E-state index in [0.717, 1.165) is 12.8 Å². The maximum absolute atomic E-state index is 12.6. The number of fused-ring (bicyclic) bond motifs is 1. The van der Waals surface area contributed by atoms with Crippen LogP contribution in [0.25, 0.3) is 0 Å². The Morgan fingerprint density at radius 3 is 2.31 bits per heavy atom. The first kappa shape index (κ1) is 7.51. The van der Waals surface area contributed by atoms with E-state index in [0.29, 0.717) is 18.1 Å². The van der Waals surface area contributed by atoms with E-state index in [1.165, 1.54) is 5.56 Å². The molecule has 0 aromatic heterocycles. The van der Waals surface area contributed by atoms with Crippen molar-refractivity contribution in [1.82, 2.24) is 0 Å². The van der Waals surface area contributed by atoms with Gasteiger partial charge >= 0.3 is 0 Å². The van der Waals surface area contributed by atoms with Crippen molar-refractivity contribution in [1.29, 1.82) is 0 Å². The number of epoxide rings is 1. The summed E-state index contributed by atoms with van der Waals surface area (Å²) in [7, 11) is 0. The zero-order chi connectivity index (χ0) is 8.84. The molecular weight excluding hydrogens is 167 g/mol. The molecule has 1 saturated carbocycles. The second-order valence-corrected chi connectivity index (χ2v) is 3.93. The fraction of sp³-hybridized carbons (Fsp3) is 0.455. The molecule has 3 rings (SSSR count). The molecule has 3 atom stereocenters. The molecule has 1 saturated heterocycles. The van der Waals surface area contributed by atoms with Gasteiger partial charge in [-0.3, -0.25) is 0 Å². The van der Waals surface area contributed by atoms with Gasteiger partial charge in [-0.1, -0.05) is 12.1 Å². The molecule has 1 unspecified atom stereocenters. The van der Waals surface area contributed by atoms with Crippen molar-refractivity contribution in [2.24, 2.45) is 0 Å². The zero-order valence-electron chi connectivity index (χ0n) is 7.24. The van der Waals surface area contributed by atoms with Gasteiger partial charge in [0, 0.05) is 0 Å².